The highest BCUT2D eigenvalue weighted by atomic mass is 16.2. The van der Waals surface area contributed by atoms with E-state index in [0.29, 0.717) is 19.5 Å². The van der Waals surface area contributed by atoms with Gasteiger partial charge in [-0.1, -0.05) is 54.6 Å². The number of fused-ring (bicyclic) bond motifs is 2. The standard InChI is InChI=1S/C27H27N5O2/c1-2-31-23-14-8-9-15-24(23)32(27(31)34)17-16-25(33)28-22(18-19-10-4-3-5-11-19)26-29-20-12-6-7-13-21(20)30-26/h3-15,22H,2,16-18H2,1H3,(H,28,33)(H,29,30)/t22-/m0/s1. The molecule has 0 saturated heterocycles. The molecule has 0 radical (unpaired) electrons. The zero-order chi connectivity index (χ0) is 23.5. The van der Waals surface area contributed by atoms with E-state index >= 15 is 0 Å². The third kappa shape index (κ3) is 4.24. The van der Waals surface area contributed by atoms with Gasteiger partial charge in [0.15, 0.2) is 0 Å². The SMILES string of the molecule is CCn1c(=O)n(CCC(=O)N[C@@H](Cc2ccccc2)c2nc3ccccc3[nH]2)c2ccccc21. The Labute approximate surface area is 197 Å². The van der Waals surface area contributed by atoms with Gasteiger partial charge in [-0.15, -0.1) is 0 Å². The van der Waals surface area contributed by atoms with Crippen molar-refractivity contribution >= 4 is 28.0 Å². The molecule has 7 heteroatoms. The fourth-order valence-corrected chi connectivity index (χ4v) is 4.48. The molecular formula is C27H27N5O2. The average molecular weight is 454 g/mol. The summed E-state index contributed by atoms with van der Waals surface area (Å²) in [7, 11) is 0. The number of benzene rings is 3. The van der Waals surface area contributed by atoms with E-state index in [1.54, 1.807) is 9.13 Å². The Bertz CT molecular complexity index is 1460. The van der Waals surface area contributed by atoms with Crippen LogP contribution in [0.25, 0.3) is 22.1 Å². The smallest absolute Gasteiger partial charge is 0.329 e. The Hall–Kier alpha value is -4.13. The molecule has 0 aliphatic rings. The second-order valence-electron chi connectivity index (χ2n) is 8.37. The summed E-state index contributed by atoms with van der Waals surface area (Å²) in [5, 5.41) is 3.15. The molecule has 0 saturated carbocycles. The summed E-state index contributed by atoms with van der Waals surface area (Å²) < 4.78 is 3.42. The quantitative estimate of drug-likeness (QED) is 0.369. The van der Waals surface area contributed by atoms with Crippen molar-refractivity contribution < 1.29 is 4.79 Å². The molecule has 0 unspecified atom stereocenters. The summed E-state index contributed by atoms with van der Waals surface area (Å²) in [4.78, 5) is 34.0. The lowest BCUT2D eigenvalue weighted by molar-refractivity contribution is -0.122. The first-order chi connectivity index (χ1) is 16.6. The van der Waals surface area contributed by atoms with Crippen molar-refractivity contribution in [1.82, 2.24) is 24.4 Å². The van der Waals surface area contributed by atoms with Gasteiger partial charge in [0.05, 0.1) is 28.1 Å². The molecule has 3 aromatic carbocycles. The number of nitrogens with zero attached hydrogens (tertiary/aromatic N) is 3. The topological polar surface area (TPSA) is 84.7 Å². The number of hydrogen-bond acceptors (Lipinski definition) is 3. The third-order valence-corrected chi connectivity index (χ3v) is 6.16. The Balaban J connectivity index is 1.37. The maximum Gasteiger partial charge on any atom is 0.329 e. The maximum absolute atomic E-state index is 13.1. The molecule has 5 rings (SSSR count). The van der Waals surface area contributed by atoms with Crippen LogP contribution in [0, 0.1) is 0 Å². The number of para-hydroxylation sites is 4. The highest BCUT2D eigenvalue weighted by Gasteiger charge is 2.20. The number of aromatic amines is 1. The largest absolute Gasteiger partial charge is 0.346 e. The first-order valence-electron chi connectivity index (χ1n) is 11.6. The molecule has 5 aromatic rings. The van der Waals surface area contributed by atoms with Gasteiger partial charge in [-0.25, -0.2) is 9.78 Å². The van der Waals surface area contributed by atoms with Gasteiger partial charge in [-0.2, -0.15) is 0 Å². The van der Waals surface area contributed by atoms with Crippen molar-refractivity contribution in [3.8, 4) is 0 Å². The number of carbonyl (C=O) groups is 1. The van der Waals surface area contributed by atoms with E-state index in [1.807, 2.05) is 85.8 Å². The molecule has 172 valence electrons. The Morgan fingerprint density at radius 2 is 1.62 bits per heavy atom. The summed E-state index contributed by atoms with van der Waals surface area (Å²) in [5.41, 5.74) is 4.55. The van der Waals surface area contributed by atoms with Crippen molar-refractivity contribution in [2.24, 2.45) is 0 Å². The van der Waals surface area contributed by atoms with Crippen LogP contribution >= 0.6 is 0 Å². The molecular weight excluding hydrogens is 426 g/mol. The van der Waals surface area contributed by atoms with Gasteiger partial charge < -0.3 is 10.3 Å². The number of amides is 1. The Morgan fingerprint density at radius 1 is 0.941 bits per heavy atom. The summed E-state index contributed by atoms with van der Waals surface area (Å²) in [6.07, 6.45) is 0.810. The molecule has 2 heterocycles. The van der Waals surface area contributed by atoms with Crippen LogP contribution in [0.5, 0.6) is 0 Å². The summed E-state index contributed by atoms with van der Waals surface area (Å²) in [6, 6.07) is 25.3. The van der Waals surface area contributed by atoms with Crippen LogP contribution in [0.1, 0.15) is 30.8 Å². The number of nitrogens with one attached hydrogen (secondary N) is 2. The predicted molar refractivity (Wildman–Crippen MR) is 134 cm³/mol. The van der Waals surface area contributed by atoms with Crippen molar-refractivity contribution in [3.05, 3.63) is 101 Å². The lowest BCUT2D eigenvalue weighted by Gasteiger charge is -2.17. The number of H-pyrrole nitrogens is 1. The fraction of sp³-hybridized carbons (Fsp3) is 0.222. The molecule has 0 bridgehead atoms. The molecule has 34 heavy (non-hydrogen) atoms. The number of rotatable bonds is 8. The molecule has 7 nitrogen and oxygen atoms in total. The molecule has 2 aromatic heterocycles. The highest BCUT2D eigenvalue weighted by Crippen LogP contribution is 2.20. The van der Waals surface area contributed by atoms with Gasteiger partial charge in [-0.3, -0.25) is 13.9 Å². The van der Waals surface area contributed by atoms with Crippen molar-refractivity contribution in [3.63, 3.8) is 0 Å². The molecule has 0 aliphatic heterocycles. The lowest BCUT2D eigenvalue weighted by Crippen LogP contribution is -2.32. The van der Waals surface area contributed by atoms with Crippen LogP contribution in [-0.4, -0.2) is 25.0 Å². The van der Waals surface area contributed by atoms with Gasteiger partial charge in [-0.05, 0) is 43.2 Å². The van der Waals surface area contributed by atoms with E-state index in [4.69, 9.17) is 4.98 Å². The molecule has 0 spiro atoms. The second kappa shape index (κ2) is 9.39. The van der Waals surface area contributed by atoms with Crippen molar-refractivity contribution in [1.29, 1.82) is 0 Å². The second-order valence-corrected chi connectivity index (χ2v) is 8.37. The number of imidazole rings is 2. The highest BCUT2D eigenvalue weighted by molar-refractivity contribution is 5.79. The molecule has 2 N–H and O–H groups in total. The minimum atomic E-state index is -0.309. The van der Waals surface area contributed by atoms with Gasteiger partial charge in [0.2, 0.25) is 5.91 Å². The van der Waals surface area contributed by atoms with Gasteiger partial charge in [0.25, 0.3) is 0 Å². The van der Waals surface area contributed by atoms with Crippen LogP contribution in [0.3, 0.4) is 0 Å². The van der Waals surface area contributed by atoms with E-state index < -0.39 is 0 Å². The monoisotopic (exact) mass is 453 g/mol. The number of aromatic nitrogens is 4. The van der Waals surface area contributed by atoms with Gasteiger partial charge in [0, 0.05) is 19.5 Å². The Morgan fingerprint density at radius 3 is 2.35 bits per heavy atom. The van der Waals surface area contributed by atoms with E-state index in [0.717, 1.165) is 33.5 Å². The fourth-order valence-electron chi connectivity index (χ4n) is 4.48. The van der Waals surface area contributed by atoms with Crippen LogP contribution < -0.4 is 11.0 Å². The van der Waals surface area contributed by atoms with Gasteiger partial charge in [0.1, 0.15) is 5.82 Å². The van der Waals surface area contributed by atoms with Crippen LogP contribution in [-0.2, 0) is 24.3 Å². The Kier molecular flexibility index (Phi) is 5.99. The minimum Gasteiger partial charge on any atom is -0.346 e. The van der Waals surface area contributed by atoms with Crippen LogP contribution in [0.4, 0.5) is 0 Å². The van der Waals surface area contributed by atoms with Crippen LogP contribution in [0.2, 0.25) is 0 Å². The van der Waals surface area contributed by atoms with E-state index in [9.17, 15) is 9.59 Å². The van der Waals surface area contributed by atoms with Crippen LogP contribution in [0.15, 0.2) is 83.7 Å². The zero-order valence-electron chi connectivity index (χ0n) is 19.1. The maximum atomic E-state index is 13.1. The first-order valence-corrected chi connectivity index (χ1v) is 11.6. The number of carbonyl (C=O) groups excluding carboxylic acids is 1. The third-order valence-electron chi connectivity index (χ3n) is 6.16. The molecule has 0 aliphatic carbocycles. The average Bonchev–Trinajstić information content (AvgIpc) is 3.41. The molecule has 1 atom stereocenters. The summed E-state index contributed by atoms with van der Waals surface area (Å²) in [6.45, 7) is 2.85. The normalized spacial score (nSPS) is 12.3. The van der Waals surface area contributed by atoms with Gasteiger partial charge >= 0.3 is 5.69 Å². The number of hydrogen-bond donors (Lipinski definition) is 2. The van der Waals surface area contributed by atoms with Crippen molar-refractivity contribution in [2.75, 3.05) is 0 Å². The number of aryl methyl sites for hydroxylation is 2. The minimum absolute atomic E-state index is 0.0883. The lowest BCUT2D eigenvalue weighted by atomic mass is 10.1. The summed E-state index contributed by atoms with van der Waals surface area (Å²) >= 11 is 0. The van der Waals surface area contributed by atoms with Crippen molar-refractivity contribution in [2.45, 2.75) is 38.9 Å². The summed E-state index contributed by atoms with van der Waals surface area (Å²) in [5.74, 6) is 0.597. The molecule has 0 fully saturated rings. The first kappa shape index (κ1) is 21.7. The predicted octanol–water partition coefficient (Wildman–Crippen LogP) is 4.19. The van der Waals surface area contributed by atoms with E-state index in [-0.39, 0.29) is 24.1 Å². The molecule has 1 amide bonds. The van der Waals surface area contributed by atoms with E-state index in [2.05, 4.69) is 10.3 Å². The van der Waals surface area contributed by atoms with E-state index in [1.165, 1.54) is 0 Å². The zero-order valence-corrected chi connectivity index (χ0v) is 19.1.